The lowest BCUT2D eigenvalue weighted by molar-refractivity contribution is -0.134. The maximum Gasteiger partial charge on any atom is 0.230 e. The van der Waals surface area contributed by atoms with E-state index in [9.17, 15) is 4.79 Å². The molecule has 0 spiro atoms. The molecule has 31 heavy (non-hydrogen) atoms. The second-order valence-electron chi connectivity index (χ2n) is 8.92. The Bertz CT molecular complexity index is 1150. The van der Waals surface area contributed by atoms with Gasteiger partial charge in [-0.15, -0.1) is 0 Å². The minimum atomic E-state index is -0.105. The molecule has 0 bridgehead atoms. The van der Waals surface area contributed by atoms with Crippen molar-refractivity contribution in [2.45, 2.75) is 39.8 Å². The second kappa shape index (κ2) is 8.01. The summed E-state index contributed by atoms with van der Waals surface area (Å²) in [7, 11) is 0. The predicted octanol–water partition coefficient (Wildman–Crippen LogP) is 4.78. The van der Waals surface area contributed by atoms with Gasteiger partial charge in [-0.1, -0.05) is 48.0 Å². The average molecular weight is 414 g/mol. The fourth-order valence-corrected chi connectivity index (χ4v) is 5.47. The summed E-state index contributed by atoms with van der Waals surface area (Å²) in [4.78, 5) is 21.3. The Kier molecular flexibility index (Phi) is 5.19. The molecule has 0 saturated heterocycles. The van der Waals surface area contributed by atoms with Crippen LogP contribution in [-0.4, -0.2) is 46.4 Å². The SMILES string of the molecule is CCN(CC)C(=O)[C@H]1C=C2c3cccc4[nH]cc(c34)C[C@H]2N(Cc2cccc(C)c2)C1. The standard InChI is InChI=1S/C27H31N3O/c1-4-29(5-2)27(31)21-13-23-22-10-7-11-24-26(22)20(15-28-24)14-25(23)30(17-21)16-19-9-6-8-18(3)12-19/h6-13,15,21,25,28H,4-5,14,16-17H2,1-3H3/t21-,25+/m0/s1. The average Bonchev–Trinajstić information content (AvgIpc) is 3.19. The van der Waals surface area contributed by atoms with Crippen molar-refractivity contribution in [2.24, 2.45) is 5.92 Å². The van der Waals surface area contributed by atoms with Crippen molar-refractivity contribution in [3.63, 3.8) is 0 Å². The van der Waals surface area contributed by atoms with Crippen molar-refractivity contribution in [2.75, 3.05) is 19.6 Å². The van der Waals surface area contributed by atoms with Crippen molar-refractivity contribution in [3.8, 4) is 0 Å². The summed E-state index contributed by atoms with van der Waals surface area (Å²) in [5, 5.41) is 1.33. The lowest BCUT2D eigenvalue weighted by atomic mass is 9.79. The van der Waals surface area contributed by atoms with Crippen LogP contribution in [0.1, 0.15) is 36.1 Å². The number of amides is 1. The molecular weight excluding hydrogens is 382 g/mol. The summed E-state index contributed by atoms with van der Waals surface area (Å²) < 4.78 is 0. The third kappa shape index (κ3) is 3.49. The highest BCUT2D eigenvalue weighted by Gasteiger charge is 2.38. The number of rotatable bonds is 5. The summed E-state index contributed by atoms with van der Waals surface area (Å²) in [6, 6.07) is 15.6. The van der Waals surface area contributed by atoms with Gasteiger partial charge in [-0.25, -0.2) is 0 Å². The summed E-state index contributed by atoms with van der Waals surface area (Å²) in [6.45, 7) is 9.43. The number of nitrogens with one attached hydrogen (secondary N) is 1. The number of hydrogen-bond acceptors (Lipinski definition) is 2. The van der Waals surface area contributed by atoms with Crippen molar-refractivity contribution < 1.29 is 4.79 Å². The van der Waals surface area contributed by atoms with E-state index in [2.05, 4.69) is 85.4 Å². The lowest BCUT2D eigenvalue weighted by Gasteiger charge is -2.42. The van der Waals surface area contributed by atoms with Gasteiger partial charge in [0.1, 0.15) is 0 Å². The topological polar surface area (TPSA) is 39.3 Å². The Morgan fingerprint density at radius 3 is 2.74 bits per heavy atom. The van der Waals surface area contributed by atoms with Gasteiger partial charge in [0.15, 0.2) is 0 Å². The van der Waals surface area contributed by atoms with Crippen LogP contribution in [0.2, 0.25) is 0 Å². The van der Waals surface area contributed by atoms with Gasteiger partial charge in [0.05, 0.1) is 5.92 Å². The quantitative estimate of drug-likeness (QED) is 0.654. The molecule has 160 valence electrons. The molecule has 4 heteroatoms. The normalized spacial score (nSPS) is 20.4. The van der Waals surface area contributed by atoms with Gasteiger partial charge in [0.2, 0.25) is 5.91 Å². The van der Waals surface area contributed by atoms with Gasteiger partial charge in [0.25, 0.3) is 0 Å². The molecule has 1 aliphatic carbocycles. The number of aromatic amines is 1. The molecule has 2 heterocycles. The number of fused-ring (bicyclic) bond motifs is 2. The third-order valence-electron chi connectivity index (χ3n) is 6.98. The lowest BCUT2D eigenvalue weighted by Crippen LogP contribution is -2.48. The Morgan fingerprint density at radius 1 is 1.16 bits per heavy atom. The van der Waals surface area contributed by atoms with Gasteiger partial charge >= 0.3 is 0 Å². The zero-order chi connectivity index (χ0) is 21.5. The summed E-state index contributed by atoms with van der Waals surface area (Å²) >= 11 is 0. The van der Waals surface area contributed by atoms with E-state index in [1.165, 1.54) is 38.7 Å². The molecule has 0 radical (unpaired) electrons. The van der Waals surface area contributed by atoms with E-state index in [1.807, 2.05) is 4.90 Å². The Hall–Kier alpha value is -2.85. The first-order chi connectivity index (χ1) is 15.1. The molecule has 0 fully saturated rings. The highest BCUT2D eigenvalue weighted by molar-refractivity contribution is 5.99. The van der Waals surface area contributed by atoms with E-state index in [4.69, 9.17) is 0 Å². The van der Waals surface area contributed by atoms with Crippen molar-refractivity contribution >= 4 is 22.4 Å². The van der Waals surface area contributed by atoms with E-state index in [0.29, 0.717) is 6.04 Å². The molecule has 1 amide bonds. The number of H-pyrrole nitrogens is 1. The number of carbonyl (C=O) groups excluding carboxylic acids is 1. The molecule has 5 rings (SSSR count). The smallest absolute Gasteiger partial charge is 0.230 e. The fourth-order valence-electron chi connectivity index (χ4n) is 5.47. The molecule has 1 aromatic heterocycles. The number of carbonyl (C=O) groups is 1. The van der Waals surface area contributed by atoms with Gasteiger partial charge < -0.3 is 9.88 Å². The number of aryl methyl sites for hydroxylation is 1. The summed E-state index contributed by atoms with van der Waals surface area (Å²) in [6.07, 6.45) is 5.44. The first-order valence-corrected chi connectivity index (χ1v) is 11.5. The van der Waals surface area contributed by atoms with Crippen LogP contribution in [0.5, 0.6) is 0 Å². The van der Waals surface area contributed by atoms with Crippen LogP contribution >= 0.6 is 0 Å². The molecule has 4 nitrogen and oxygen atoms in total. The van der Waals surface area contributed by atoms with E-state index in [1.54, 1.807) is 0 Å². The zero-order valence-corrected chi connectivity index (χ0v) is 18.7. The Morgan fingerprint density at radius 2 is 1.97 bits per heavy atom. The zero-order valence-electron chi connectivity index (χ0n) is 18.7. The van der Waals surface area contributed by atoms with Crippen LogP contribution in [0, 0.1) is 12.8 Å². The summed E-state index contributed by atoms with van der Waals surface area (Å²) in [5.41, 5.74) is 7.78. The van der Waals surface area contributed by atoms with Crippen LogP contribution in [-0.2, 0) is 17.8 Å². The molecule has 3 aromatic rings. The third-order valence-corrected chi connectivity index (χ3v) is 6.98. The van der Waals surface area contributed by atoms with Gasteiger partial charge in [-0.2, -0.15) is 0 Å². The summed E-state index contributed by atoms with van der Waals surface area (Å²) in [5.74, 6) is 0.143. The molecule has 0 saturated carbocycles. The maximum atomic E-state index is 13.4. The molecule has 2 atom stereocenters. The second-order valence-corrected chi connectivity index (χ2v) is 8.92. The van der Waals surface area contributed by atoms with Crippen LogP contribution in [0.25, 0.3) is 16.5 Å². The van der Waals surface area contributed by atoms with E-state index in [0.717, 1.165) is 32.6 Å². The number of benzene rings is 2. The van der Waals surface area contributed by atoms with Crippen LogP contribution in [0.4, 0.5) is 0 Å². The van der Waals surface area contributed by atoms with E-state index >= 15 is 0 Å². The molecule has 2 aliphatic rings. The molecule has 2 aromatic carbocycles. The molecule has 0 unspecified atom stereocenters. The highest BCUT2D eigenvalue weighted by atomic mass is 16.2. The Balaban J connectivity index is 1.58. The van der Waals surface area contributed by atoms with Crippen LogP contribution in [0.15, 0.2) is 54.7 Å². The molecule has 1 N–H and O–H groups in total. The van der Waals surface area contributed by atoms with E-state index < -0.39 is 0 Å². The first-order valence-electron chi connectivity index (χ1n) is 11.5. The monoisotopic (exact) mass is 413 g/mol. The maximum absolute atomic E-state index is 13.4. The van der Waals surface area contributed by atoms with Gasteiger partial charge in [-0.05, 0) is 55.5 Å². The number of nitrogens with zero attached hydrogens (tertiary/aromatic N) is 2. The van der Waals surface area contributed by atoms with Gasteiger partial charge in [0, 0.05) is 49.3 Å². The predicted molar refractivity (Wildman–Crippen MR) is 127 cm³/mol. The molecule has 1 aliphatic heterocycles. The van der Waals surface area contributed by atoms with Crippen molar-refractivity contribution in [1.29, 1.82) is 0 Å². The Labute approximate surface area is 184 Å². The molecular formula is C27H31N3O. The first kappa shape index (κ1) is 20.1. The van der Waals surface area contributed by atoms with E-state index in [-0.39, 0.29) is 11.8 Å². The van der Waals surface area contributed by atoms with Crippen molar-refractivity contribution in [3.05, 3.63) is 77.0 Å². The number of aromatic nitrogens is 1. The van der Waals surface area contributed by atoms with Crippen LogP contribution in [0.3, 0.4) is 0 Å². The number of hydrogen-bond donors (Lipinski definition) is 1. The minimum absolute atomic E-state index is 0.105. The minimum Gasteiger partial charge on any atom is -0.361 e. The van der Waals surface area contributed by atoms with Gasteiger partial charge in [-0.3, -0.25) is 9.69 Å². The largest absolute Gasteiger partial charge is 0.361 e. The van der Waals surface area contributed by atoms with Crippen LogP contribution < -0.4 is 0 Å². The van der Waals surface area contributed by atoms with Crippen molar-refractivity contribution in [1.82, 2.24) is 14.8 Å². The fraction of sp³-hybridized carbons (Fsp3) is 0.370. The highest BCUT2D eigenvalue weighted by Crippen LogP contribution is 2.42.